The largest absolute Gasteiger partial charge is 0.466 e. The molecule has 1 unspecified atom stereocenters. The van der Waals surface area contributed by atoms with Crippen molar-refractivity contribution in [2.45, 2.75) is 90.1 Å². The van der Waals surface area contributed by atoms with Crippen LogP contribution < -0.4 is 9.47 Å². The molecule has 244 valence electrons. The number of hydrogen-bond acceptors (Lipinski definition) is 5. The van der Waals surface area contributed by atoms with Crippen LogP contribution in [-0.4, -0.2) is 31.6 Å². The van der Waals surface area contributed by atoms with Crippen LogP contribution in [0.1, 0.15) is 78.5 Å². The molecule has 1 aromatic heterocycles. The fraction of sp³-hybridized carbons (Fsp3) is 0.368. The molecule has 2 aromatic carbocycles. The van der Waals surface area contributed by atoms with E-state index in [1.54, 1.807) is 12.1 Å². The Kier molecular flexibility index (Phi) is 11.1. The Balaban J connectivity index is 1.75. The van der Waals surface area contributed by atoms with Crippen molar-refractivity contribution in [1.29, 1.82) is 0 Å². The summed E-state index contributed by atoms with van der Waals surface area (Å²) in [4.78, 5) is 14.2. The molecule has 0 radical (unpaired) electrons. The van der Waals surface area contributed by atoms with Gasteiger partial charge in [0, 0.05) is 40.9 Å². The second kappa shape index (κ2) is 14.6. The molecule has 1 aliphatic rings. The van der Waals surface area contributed by atoms with Gasteiger partial charge in [-0.2, -0.15) is 8.42 Å². The van der Waals surface area contributed by atoms with Gasteiger partial charge < -0.3 is 9.64 Å². The minimum atomic E-state index is -4.30. The first-order valence-corrected chi connectivity index (χ1v) is 17.4. The highest BCUT2D eigenvalue weighted by molar-refractivity contribution is 7.85. The van der Waals surface area contributed by atoms with E-state index < -0.39 is 10.1 Å². The number of carbonyl (C=O) groups is 1. The van der Waals surface area contributed by atoms with Crippen LogP contribution in [0.3, 0.4) is 0 Å². The second-order valence-corrected chi connectivity index (χ2v) is 14.0. The number of benzene rings is 2. The number of anilines is 1. The highest BCUT2D eigenvalue weighted by Crippen LogP contribution is 2.46. The molecule has 7 nitrogen and oxygen atoms in total. The number of aryl methyl sites for hydroxylation is 1. The molecule has 0 aliphatic heterocycles. The van der Waals surface area contributed by atoms with Gasteiger partial charge in [0.05, 0.1) is 23.8 Å². The van der Waals surface area contributed by atoms with E-state index in [9.17, 15) is 17.8 Å². The first kappa shape index (κ1) is 34.9. The Morgan fingerprint density at radius 2 is 1.74 bits per heavy atom. The average molecular weight is 644 g/mol. The number of pyridine rings is 1. The Labute approximate surface area is 274 Å². The van der Waals surface area contributed by atoms with Gasteiger partial charge in [0.2, 0.25) is 0 Å². The number of allylic oxidation sites excluding steroid dienone is 5. The SMILES string of the molecule is CCOC(=O)CCC[n+]1cc(-c2ccc(S(=O)(=O)O)cc2)cc2c1C(C)C(C)=C(/C=C/C=C/N(c1ccccc1)C(C)C)C2(C)C. The summed E-state index contributed by atoms with van der Waals surface area (Å²) in [6.07, 6.45) is 11.6. The van der Waals surface area contributed by atoms with Crippen molar-refractivity contribution in [3.05, 3.63) is 114 Å². The molecule has 8 heteroatoms. The minimum Gasteiger partial charge on any atom is -0.466 e. The van der Waals surface area contributed by atoms with Gasteiger partial charge >= 0.3 is 5.97 Å². The molecule has 1 atom stereocenters. The van der Waals surface area contributed by atoms with Crippen LogP contribution in [0.2, 0.25) is 0 Å². The third kappa shape index (κ3) is 7.85. The topological polar surface area (TPSA) is 87.8 Å². The maximum absolute atomic E-state index is 12.1. The molecule has 0 amide bonds. The predicted octanol–water partition coefficient (Wildman–Crippen LogP) is 7.93. The van der Waals surface area contributed by atoms with Crippen molar-refractivity contribution in [3.63, 3.8) is 0 Å². The van der Waals surface area contributed by atoms with Gasteiger partial charge in [-0.25, -0.2) is 4.57 Å². The van der Waals surface area contributed by atoms with Crippen molar-refractivity contribution in [3.8, 4) is 11.1 Å². The first-order valence-electron chi connectivity index (χ1n) is 16.0. The Bertz CT molecular complexity index is 1740. The summed E-state index contributed by atoms with van der Waals surface area (Å²) >= 11 is 0. The predicted molar refractivity (Wildman–Crippen MR) is 184 cm³/mol. The third-order valence-corrected chi connectivity index (χ3v) is 9.68. The zero-order chi connectivity index (χ0) is 33.6. The molecular weight excluding hydrogens is 596 g/mol. The smallest absolute Gasteiger partial charge is 0.306 e. The van der Waals surface area contributed by atoms with Crippen LogP contribution in [0.4, 0.5) is 5.69 Å². The molecule has 4 rings (SSSR count). The molecule has 0 bridgehead atoms. The Morgan fingerprint density at radius 3 is 2.35 bits per heavy atom. The molecule has 1 heterocycles. The third-order valence-electron chi connectivity index (χ3n) is 8.81. The highest BCUT2D eigenvalue weighted by atomic mass is 32.2. The summed E-state index contributed by atoms with van der Waals surface area (Å²) in [6, 6.07) is 19.1. The average Bonchev–Trinajstić information content (AvgIpc) is 3.01. The Hall–Kier alpha value is -4.01. The van der Waals surface area contributed by atoms with Gasteiger partial charge in [0.1, 0.15) is 6.54 Å². The number of hydrogen-bond donors (Lipinski definition) is 1. The van der Waals surface area contributed by atoms with E-state index in [4.69, 9.17) is 4.74 Å². The van der Waals surface area contributed by atoms with Crippen LogP contribution in [-0.2, 0) is 31.6 Å². The highest BCUT2D eigenvalue weighted by Gasteiger charge is 2.41. The molecule has 3 aromatic rings. The van der Waals surface area contributed by atoms with Crippen molar-refractivity contribution in [2.24, 2.45) is 0 Å². The number of fused-ring (bicyclic) bond motifs is 1. The summed E-state index contributed by atoms with van der Waals surface area (Å²) < 4.78 is 40.3. The van der Waals surface area contributed by atoms with Crippen molar-refractivity contribution >= 4 is 21.8 Å². The van der Waals surface area contributed by atoms with Crippen LogP contribution >= 0.6 is 0 Å². The molecular formula is C38H47N2O5S+. The monoisotopic (exact) mass is 643 g/mol. The first-order chi connectivity index (χ1) is 21.8. The standard InChI is InChI=1S/C38H46N2O5S/c1-8-45-36(41)18-14-23-39-26-31(30-19-21-33(22-20-30)46(42,43)44)25-35-37(39)29(5)28(4)34(38(35,6)7)17-12-13-24-40(27(2)3)32-15-10-9-11-16-32/h9-13,15-17,19-22,24-27,29H,8,14,18,23H2,1-7H3/p+1/b17-12+,24-13+. The van der Waals surface area contributed by atoms with E-state index >= 15 is 0 Å². The maximum atomic E-state index is 12.1. The summed E-state index contributed by atoms with van der Waals surface area (Å²) in [7, 11) is -4.30. The zero-order valence-electron chi connectivity index (χ0n) is 28.0. The van der Waals surface area contributed by atoms with Gasteiger partial charge in [-0.3, -0.25) is 9.35 Å². The van der Waals surface area contributed by atoms with E-state index in [0.717, 1.165) is 16.8 Å². The lowest BCUT2D eigenvalue weighted by Gasteiger charge is -2.37. The van der Waals surface area contributed by atoms with E-state index in [1.165, 1.54) is 34.5 Å². The number of ether oxygens (including phenoxy) is 1. The summed E-state index contributed by atoms with van der Waals surface area (Å²) in [5, 5.41) is 0. The van der Waals surface area contributed by atoms with Crippen LogP contribution in [0.5, 0.6) is 0 Å². The molecule has 1 aliphatic carbocycles. The number of para-hydroxylation sites is 1. The molecule has 46 heavy (non-hydrogen) atoms. The zero-order valence-corrected chi connectivity index (χ0v) is 28.8. The lowest BCUT2D eigenvalue weighted by atomic mass is 9.66. The van der Waals surface area contributed by atoms with E-state index in [1.807, 2.05) is 25.1 Å². The molecule has 0 spiro atoms. The number of nitrogens with zero attached hydrogens (tertiary/aromatic N) is 2. The summed E-state index contributed by atoms with van der Waals surface area (Å²) in [5.41, 5.74) is 7.46. The van der Waals surface area contributed by atoms with E-state index in [0.29, 0.717) is 32.0 Å². The summed E-state index contributed by atoms with van der Waals surface area (Å²) in [5.74, 6) is -0.0798. The van der Waals surface area contributed by atoms with Gasteiger partial charge in [0.25, 0.3) is 10.1 Å². The molecule has 0 saturated heterocycles. The van der Waals surface area contributed by atoms with Crippen molar-refractivity contribution < 1.29 is 27.1 Å². The number of aromatic nitrogens is 1. The van der Waals surface area contributed by atoms with Gasteiger partial charge in [-0.05, 0) is 82.2 Å². The quantitative estimate of drug-likeness (QED) is 0.0934. The normalized spacial score (nSPS) is 16.3. The van der Waals surface area contributed by atoms with Crippen molar-refractivity contribution in [2.75, 3.05) is 11.5 Å². The second-order valence-electron chi connectivity index (χ2n) is 12.6. The maximum Gasteiger partial charge on any atom is 0.306 e. The lowest BCUT2D eigenvalue weighted by Crippen LogP contribution is -2.45. The lowest BCUT2D eigenvalue weighted by molar-refractivity contribution is -0.705. The van der Waals surface area contributed by atoms with Crippen LogP contribution in [0.25, 0.3) is 11.1 Å². The van der Waals surface area contributed by atoms with E-state index in [2.05, 4.69) is 99.8 Å². The van der Waals surface area contributed by atoms with Crippen LogP contribution in [0, 0.1) is 0 Å². The van der Waals surface area contributed by atoms with Crippen LogP contribution in [0.15, 0.2) is 107 Å². The van der Waals surface area contributed by atoms with Crippen molar-refractivity contribution in [1.82, 2.24) is 0 Å². The number of rotatable bonds is 12. The fourth-order valence-electron chi connectivity index (χ4n) is 6.30. The molecule has 1 N–H and O–H groups in total. The fourth-order valence-corrected chi connectivity index (χ4v) is 6.78. The number of esters is 1. The Morgan fingerprint density at radius 1 is 1.07 bits per heavy atom. The summed E-state index contributed by atoms with van der Waals surface area (Å²) in [6.45, 7) is 16.1. The number of carbonyl (C=O) groups excluding carboxylic acids is 1. The molecule has 0 fully saturated rings. The minimum absolute atomic E-state index is 0.127. The van der Waals surface area contributed by atoms with Gasteiger partial charge in [-0.1, -0.05) is 61.9 Å². The van der Waals surface area contributed by atoms with Gasteiger partial charge in [-0.15, -0.1) is 0 Å². The van der Waals surface area contributed by atoms with E-state index in [-0.39, 0.29) is 22.2 Å². The van der Waals surface area contributed by atoms with Gasteiger partial charge in [0.15, 0.2) is 11.9 Å². The molecule has 0 saturated carbocycles.